The molecular formula is C30H44N4O4. The predicted molar refractivity (Wildman–Crippen MR) is 150 cm³/mol. The second kappa shape index (κ2) is 13.3. The number of carbonyl (C=O) groups is 2. The fraction of sp³-hybridized carbons (Fsp3) is 0.567. The Bertz CT molecular complexity index is 1000. The third kappa shape index (κ3) is 8.61. The number of morpholine rings is 1. The molecule has 1 aromatic carbocycles. The predicted octanol–water partition coefficient (Wildman–Crippen LogP) is 3.80. The van der Waals surface area contributed by atoms with E-state index in [1.807, 2.05) is 37.9 Å². The van der Waals surface area contributed by atoms with Crippen LogP contribution in [0.25, 0.3) is 0 Å². The SMILES string of the molecule is CC1(C)CNC(C=O)CO1.CN(c1ccc(C(C)(C)C)cc1)C(C(=O)NC1CCOCC1)c1cccnc1. The third-order valence-electron chi connectivity index (χ3n) is 6.95. The molecule has 0 aliphatic carbocycles. The van der Waals surface area contributed by atoms with Crippen molar-refractivity contribution >= 4 is 17.9 Å². The summed E-state index contributed by atoms with van der Waals surface area (Å²) in [6.07, 6.45) is 6.10. The molecule has 3 heterocycles. The van der Waals surface area contributed by atoms with E-state index in [0.29, 0.717) is 19.8 Å². The van der Waals surface area contributed by atoms with Gasteiger partial charge in [-0.15, -0.1) is 0 Å². The van der Waals surface area contributed by atoms with E-state index in [2.05, 4.69) is 60.7 Å². The minimum Gasteiger partial charge on any atom is -0.381 e. The van der Waals surface area contributed by atoms with Gasteiger partial charge in [0.05, 0.1) is 18.2 Å². The maximum atomic E-state index is 13.2. The Balaban J connectivity index is 0.000000336. The highest BCUT2D eigenvalue weighted by atomic mass is 16.5. The molecule has 8 heteroatoms. The lowest BCUT2D eigenvalue weighted by atomic mass is 9.87. The van der Waals surface area contributed by atoms with Crippen molar-refractivity contribution in [2.45, 2.75) is 76.6 Å². The number of aromatic nitrogens is 1. The van der Waals surface area contributed by atoms with Gasteiger partial charge in [-0.25, -0.2) is 0 Å². The Labute approximate surface area is 227 Å². The van der Waals surface area contributed by atoms with Crippen LogP contribution in [0.3, 0.4) is 0 Å². The zero-order valence-electron chi connectivity index (χ0n) is 23.7. The molecule has 2 saturated heterocycles. The molecule has 1 amide bonds. The molecule has 0 saturated carbocycles. The summed E-state index contributed by atoms with van der Waals surface area (Å²) in [6, 6.07) is 11.9. The highest BCUT2D eigenvalue weighted by molar-refractivity contribution is 5.86. The summed E-state index contributed by atoms with van der Waals surface area (Å²) in [5, 5.41) is 6.28. The zero-order valence-corrected chi connectivity index (χ0v) is 23.7. The van der Waals surface area contributed by atoms with Crippen molar-refractivity contribution in [3.05, 3.63) is 59.9 Å². The van der Waals surface area contributed by atoms with Crippen molar-refractivity contribution in [3.63, 3.8) is 0 Å². The maximum Gasteiger partial charge on any atom is 0.247 e. The van der Waals surface area contributed by atoms with Crippen molar-refractivity contribution in [3.8, 4) is 0 Å². The second-order valence-electron chi connectivity index (χ2n) is 11.7. The van der Waals surface area contributed by atoms with Gasteiger partial charge in [-0.05, 0) is 55.9 Å². The summed E-state index contributed by atoms with van der Waals surface area (Å²) in [4.78, 5) is 29.7. The van der Waals surface area contributed by atoms with Gasteiger partial charge in [-0.3, -0.25) is 9.78 Å². The standard InChI is InChI=1S/C23H31N3O2.C7H13NO2/c1-23(2,3)18-7-9-20(10-8-18)26(4)21(17-6-5-13-24-16-17)22(27)25-19-11-14-28-15-12-19;1-7(2)5-8-6(3-9)4-10-7/h5-10,13,16,19,21H,11-12,14-15H2,1-4H3,(H,25,27);3,6,8H,4-5H2,1-2H3. The Kier molecular flexibility index (Phi) is 10.4. The number of nitrogens with zero attached hydrogens (tertiary/aromatic N) is 2. The van der Waals surface area contributed by atoms with Crippen LogP contribution < -0.4 is 15.5 Å². The van der Waals surface area contributed by atoms with Gasteiger partial charge >= 0.3 is 0 Å². The molecule has 8 nitrogen and oxygen atoms in total. The highest BCUT2D eigenvalue weighted by Crippen LogP contribution is 2.29. The molecule has 2 aliphatic heterocycles. The van der Waals surface area contributed by atoms with Crippen LogP contribution in [0.4, 0.5) is 5.69 Å². The van der Waals surface area contributed by atoms with Gasteiger partial charge in [0.2, 0.25) is 5.91 Å². The summed E-state index contributed by atoms with van der Waals surface area (Å²) in [5.41, 5.74) is 3.15. The van der Waals surface area contributed by atoms with Crippen molar-refractivity contribution in [2.24, 2.45) is 0 Å². The fourth-order valence-electron chi connectivity index (χ4n) is 4.45. The maximum absolute atomic E-state index is 13.2. The van der Waals surface area contributed by atoms with Crippen LogP contribution in [0, 0.1) is 0 Å². The lowest BCUT2D eigenvalue weighted by Crippen LogP contribution is -2.52. The van der Waals surface area contributed by atoms with E-state index >= 15 is 0 Å². The first-order valence-corrected chi connectivity index (χ1v) is 13.4. The third-order valence-corrected chi connectivity index (χ3v) is 6.95. The number of carbonyl (C=O) groups excluding carboxylic acids is 2. The van der Waals surface area contributed by atoms with Gasteiger partial charge in [-0.2, -0.15) is 0 Å². The largest absolute Gasteiger partial charge is 0.381 e. The summed E-state index contributed by atoms with van der Waals surface area (Å²) < 4.78 is 10.8. The van der Waals surface area contributed by atoms with Crippen molar-refractivity contribution in [1.82, 2.24) is 15.6 Å². The topological polar surface area (TPSA) is 92.8 Å². The number of rotatable bonds is 6. The number of likely N-dealkylation sites (N-methyl/N-ethyl adjacent to an activating group) is 1. The van der Waals surface area contributed by atoms with Crippen LogP contribution in [0.1, 0.15) is 64.6 Å². The summed E-state index contributed by atoms with van der Waals surface area (Å²) >= 11 is 0. The number of hydrogen-bond donors (Lipinski definition) is 2. The van der Waals surface area contributed by atoms with Crippen LogP contribution in [-0.4, -0.2) is 68.3 Å². The van der Waals surface area contributed by atoms with E-state index < -0.39 is 6.04 Å². The lowest BCUT2D eigenvalue weighted by molar-refractivity contribution is -0.123. The number of amides is 1. The monoisotopic (exact) mass is 524 g/mol. The first-order chi connectivity index (χ1) is 18.0. The minimum atomic E-state index is -0.433. The molecule has 0 bridgehead atoms. The Morgan fingerprint density at radius 2 is 1.87 bits per heavy atom. The number of ether oxygens (including phenoxy) is 2. The number of hydrogen-bond acceptors (Lipinski definition) is 7. The molecule has 2 N–H and O–H groups in total. The van der Waals surface area contributed by atoms with E-state index in [-0.39, 0.29) is 29.0 Å². The summed E-state index contributed by atoms with van der Waals surface area (Å²) in [5.74, 6) is 0.00213. The van der Waals surface area contributed by atoms with E-state index in [0.717, 1.165) is 36.9 Å². The Morgan fingerprint density at radius 3 is 2.39 bits per heavy atom. The number of aldehydes is 1. The van der Waals surface area contributed by atoms with Gasteiger partial charge in [0.25, 0.3) is 0 Å². The summed E-state index contributed by atoms with van der Waals surface area (Å²) in [7, 11) is 1.97. The normalized spacial score (nSPS) is 20.4. The molecule has 0 radical (unpaired) electrons. The molecule has 208 valence electrons. The Morgan fingerprint density at radius 1 is 1.18 bits per heavy atom. The highest BCUT2D eigenvalue weighted by Gasteiger charge is 2.29. The molecule has 38 heavy (non-hydrogen) atoms. The minimum absolute atomic E-state index is 0.00213. The van der Waals surface area contributed by atoms with Gasteiger partial charge in [0, 0.05) is 56.5 Å². The smallest absolute Gasteiger partial charge is 0.247 e. The van der Waals surface area contributed by atoms with Crippen molar-refractivity contribution in [1.29, 1.82) is 0 Å². The molecule has 2 unspecified atom stereocenters. The van der Waals surface area contributed by atoms with E-state index in [1.54, 1.807) is 12.4 Å². The van der Waals surface area contributed by atoms with Gasteiger partial charge in [0.1, 0.15) is 12.3 Å². The average molecular weight is 525 g/mol. The first kappa shape index (κ1) is 29.7. The van der Waals surface area contributed by atoms with E-state index in [1.165, 1.54) is 5.56 Å². The first-order valence-electron chi connectivity index (χ1n) is 13.4. The summed E-state index contributed by atoms with van der Waals surface area (Å²) in [6.45, 7) is 13.2. The molecular weight excluding hydrogens is 480 g/mol. The molecule has 2 aliphatic rings. The molecule has 2 aromatic rings. The molecule has 2 fully saturated rings. The van der Waals surface area contributed by atoms with E-state index in [9.17, 15) is 9.59 Å². The van der Waals surface area contributed by atoms with Crippen LogP contribution in [0.5, 0.6) is 0 Å². The van der Waals surface area contributed by atoms with Crippen molar-refractivity contribution in [2.75, 3.05) is 38.3 Å². The molecule has 4 rings (SSSR count). The molecule has 0 spiro atoms. The van der Waals surface area contributed by atoms with Crippen molar-refractivity contribution < 1.29 is 19.1 Å². The van der Waals surface area contributed by atoms with Gasteiger partial charge < -0.3 is 29.8 Å². The van der Waals surface area contributed by atoms with Gasteiger partial charge in [-0.1, -0.05) is 39.0 Å². The number of benzene rings is 1. The number of nitrogens with one attached hydrogen (secondary N) is 2. The second-order valence-corrected chi connectivity index (χ2v) is 11.7. The average Bonchev–Trinajstić information content (AvgIpc) is 2.90. The van der Waals surface area contributed by atoms with Crippen LogP contribution in [0.15, 0.2) is 48.8 Å². The quantitative estimate of drug-likeness (QED) is 0.555. The zero-order chi connectivity index (χ0) is 27.8. The van der Waals surface area contributed by atoms with Gasteiger partial charge in [0.15, 0.2) is 0 Å². The number of pyridine rings is 1. The number of anilines is 1. The van der Waals surface area contributed by atoms with Crippen LogP contribution in [-0.2, 0) is 24.5 Å². The van der Waals surface area contributed by atoms with Crippen LogP contribution in [0.2, 0.25) is 0 Å². The lowest BCUT2D eigenvalue weighted by Gasteiger charge is -2.33. The molecule has 2 atom stereocenters. The van der Waals surface area contributed by atoms with E-state index in [4.69, 9.17) is 9.47 Å². The fourth-order valence-corrected chi connectivity index (χ4v) is 4.45. The molecule has 1 aromatic heterocycles. The van der Waals surface area contributed by atoms with Crippen LogP contribution >= 0.6 is 0 Å². The Hall–Kier alpha value is -2.81.